The van der Waals surface area contributed by atoms with E-state index in [1.807, 2.05) is 6.92 Å². The molecule has 2 heterocycles. The number of hydrogen-bond acceptors (Lipinski definition) is 7. The number of benzene rings is 2. The van der Waals surface area contributed by atoms with Gasteiger partial charge in [0, 0.05) is 5.56 Å². The molecule has 4 rings (SSSR count). The molecule has 1 saturated heterocycles. The Morgan fingerprint density at radius 2 is 1.66 bits per heavy atom. The molecule has 0 bridgehead atoms. The Hall–Kier alpha value is -4.66. The number of urea groups is 1. The maximum atomic E-state index is 13.1. The number of furan rings is 1. The lowest BCUT2D eigenvalue weighted by Gasteiger charge is -2.26. The smallest absolute Gasteiger partial charge is 0.338 e. The van der Waals surface area contributed by atoms with Crippen LogP contribution in [0.2, 0.25) is 0 Å². The highest BCUT2D eigenvalue weighted by Gasteiger charge is 2.37. The van der Waals surface area contributed by atoms with Crippen molar-refractivity contribution < 1.29 is 33.1 Å². The maximum absolute atomic E-state index is 13.1. The number of carbonyl (C=O) groups is 4. The van der Waals surface area contributed by atoms with Crippen LogP contribution in [0.1, 0.15) is 30.0 Å². The molecule has 1 aromatic heterocycles. The Morgan fingerprint density at radius 1 is 0.943 bits per heavy atom. The zero-order valence-electron chi connectivity index (χ0n) is 19.1. The number of amides is 4. The first-order valence-electron chi connectivity index (χ1n) is 10.9. The van der Waals surface area contributed by atoms with Gasteiger partial charge in [-0.2, -0.15) is 0 Å². The van der Waals surface area contributed by atoms with E-state index in [0.717, 1.165) is 4.90 Å². The number of imide groups is 2. The van der Waals surface area contributed by atoms with Gasteiger partial charge >= 0.3 is 12.0 Å². The number of barbiturate groups is 1. The minimum absolute atomic E-state index is 0.244. The van der Waals surface area contributed by atoms with Gasteiger partial charge in [0.15, 0.2) is 0 Å². The predicted molar refractivity (Wildman–Crippen MR) is 127 cm³/mol. The van der Waals surface area contributed by atoms with Crippen LogP contribution in [0, 0.1) is 0 Å². The van der Waals surface area contributed by atoms with Crippen molar-refractivity contribution in [2.75, 3.05) is 18.1 Å². The van der Waals surface area contributed by atoms with Crippen molar-refractivity contribution in [2.24, 2.45) is 0 Å². The summed E-state index contributed by atoms with van der Waals surface area (Å²) in [5.74, 6) is -0.716. The number of carbonyl (C=O) groups excluding carboxylic acids is 4. The van der Waals surface area contributed by atoms with Crippen LogP contribution in [0.4, 0.5) is 10.5 Å². The Kier molecular flexibility index (Phi) is 6.77. The van der Waals surface area contributed by atoms with Crippen LogP contribution in [-0.2, 0) is 14.3 Å². The molecule has 2 aromatic carbocycles. The fourth-order valence-corrected chi connectivity index (χ4v) is 3.46. The van der Waals surface area contributed by atoms with E-state index in [-0.39, 0.29) is 23.6 Å². The van der Waals surface area contributed by atoms with Crippen LogP contribution < -0.4 is 15.0 Å². The molecule has 0 aliphatic carbocycles. The number of nitrogens with zero attached hydrogens (tertiary/aromatic N) is 1. The van der Waals surface area contributed by atoms with Crippen molar-refractivity contribution in [2.45, 2.75) is 13.8 Å². The fraction of sp³-hybridized carbons (Fsp3) is 0.154. The quantitative estimate of drug-likeness (QED) is 0.310. The van der Waals surface area contributed by atoms with Crippen LogP contribution in [0.25, 0.3) is 17.4 Å². The van der Waals surface area contributed by atoms with Gasteiger partial charge in [-0.15, -0.1) is 0 Å². The molecule has 0 unspecified atom stereocenters. The third-order valence-electron chi connectivity index (χ3n) is 5.10. The molecular formula is C26H22N2O7. The first-order valence-corrected chi connectivity index (χ1v) is 10.9. The van der Waals surface area contributed by atoms with E-state index in [9.17, 15) is 19.2 Å². The van der Waals surface area contributed by atoms with E-state index >= 15 is 0 Å². The summed E-state index contributed by atoms with van der Waals surface area (Å²) < 4.78 is 16.1. The van der Waals surface area contributed by atoms with Gasteiger partial charge in [0.1, 0.15) is 22.8 Å². The molecule has 9 heteroatoms. The van der Waals surface area contributed by atoms with Gasteiger partial charge in [0.2, 0.25) is 0 Å². The summed E-state index contributed by atoms with van der Waals surface area (Å²) in [6, 6.07) is 15.4. The lowest BCUT2D eigenvalue weighted by molar-refractivity contribution is -0.122. The molecule has 35 heavy (non-hydrogen) atoms. The van der Waals surface area contributed by atoms with Gasteiger partial charge in [-0.3, -0.25) is 14.9 Å². The molecule has 9 nitrogen and oxygen atoms in total. The largest absolute Gasteiger partial charge is 0.494 e. The summed E-state index contributed by atoms with van der Waals surface area (Å²) in [4.78, 5) is 50.6. The molecule has 1 N–H and O–H groups in total. The number of rotatable bonds is 7. The zero-order chi connectivity index (χ0) is 24.9. The molecular weight excluding hydrogens is 452 g/mol. The van der Waals surface area contributed by atoms with Crippen molar-refractivity contribution in [3.8, 4) is 17.1 Å². The number of nitrogens with one attached hydrogen (secondary N) is 1. The van der Waals surface area contributed by atoms with Crippen molar-refractivity contribution in [3.63, 3.8) is 0 Å². The van der Waals surface area contributed by atoms with Crippen LogP contribution in [0.3, 0.4) is 0 Å². The topological polar surface area (TPSA) is 115 Å². The summed E-state index contributed by atoms with van der Waals surface area (Å²) in [5, 5.41) is 2.18. The summed E-state index contributed by atoms with van der Waals surface area (Å²) in [6.07, 6.45) is 1.28. The number of hydrogen-bond donors (Lipinski definition) is 1. The van der Waals surface area contributed by atoms with Gasteiger partial charge in [-0.05, 0) is 68.5 Å². The highest BCUT2D eigenvalue weighted by Crippen LogP contribution is 2.27. The molecule has 4 amide bonds. The number of esters is 1. The molecule has 0 saturated carbocycles. The van der Waals surface area contributed by atoms with Gasteiger partial charge in [-0.25, -0.2) is 14.5 Å². The van der Waals surface area contributed by atoms with Crippen molar-refractivity contribution in [1.82, 2.24) is 5.32 Å². The van der Waals surface area contributed by atoms with Gasteiger partial charge in [0.05, 0.1) is 24.5 Å². The Balaban J connectivity index is 1.57. The van der Waals surface area contributed by atoms with E-state index in [0.29, 0.717) is 29.2 Å². The summed E-state index contributed by atoms with van der Waals surface area (Å²) in [6.45, 7) is 4.34. The van der Waals surface area contributed by atoms with E-state index in [2.05, 4.69) is 5.32 Å². The Morgan fingerprint density at radius 3 is 2.31 bits per heavy atom. The van der Waals surface area contributed by atoms with Crippen LogP contribution >= 0.6 is 0 Å². The lowest BCUT2D eigenvalue weighted by atomic mass is 10.1. The van der Waals surface area contributed by atoms with Crippen molar-refractivity contribution in [1.29, 1.82) is 0 Å². The van der Waals surface area contributed by atoms with E-state index < -0.39 is 23.8 Å². The zero-order valence-corrected chi connectivity index (χ0v) is 19.1. The van der Waals surface area contributed by atoms with Crippen molar-refractivity contribution >= 4 is 35.6 Å². The van der Waals surface area contributed by atoms with E-state index in [1.165, 1.54) is 6.08 Å². The third-order valence-corrected chi connectivity index (χ3v) is 5.10. The minimum atomic E-state index is -0.844. The predicted octanol–water partition coefficient (Wildman–Crippen LogP) is 4.19. The van der Waals surface area contributed by atoms with Gasteiger partial charge in [0.25, 0.3) is 11.8 Å². The molecule has 178 valence electrons. The SMILES string of the molecule is CCOC(=O)c1ccc(-c2ccc(/C=C3\C(=O)NC(=O)N(c4ccc(OCC)cc4)C3=O)o2)cc1. The maximum Gasteiger partial charge on any atom is 0.338 e. The Bertz CT molecular complexity index is 1300. The molecule has 1 fully saturated rings. The Labute approximate surface area is 200 Å². The first-order chi connectivity index (χ1) is 16.9. The average Bonchev–Trinajstić information content (AvgIpc) is 3.32. The molecule has 0 spiro atoms. The third kappa shape index (κ3) is 4.98. The van der Waals surface area contributed by atoms with E-state index in [4.69, 9.17) is 13.9 Å². The van der Waals surface area contributed by atoms with Crippen LogP contribution in [0.5, 0.6) is 5.75 Å². The standard InChI is InChI=1S/C26H22N2O7/c1-3-33-19-11-9-18(10-12-19)28-24(30)21(23(29)27-26(28)32)15-20-13-14-22(35-20)16-5-7-17(8-6-16)25(31)34-4-2/h5-15H,3-4H2,1-2H3,(H,27,29,32)/b21-15+. The lowest BCUT2D eigenvalue weighted by Crippen LogP contribution is -2.54. The molecule has 0 radical (unpaired) electrons. The van der Waals surface area contributed by atoms with Crippen molar-refractivity contribution in [3.05, 3.63) is 77.6 Å². The highest BCUT2D eigenvalue weighted by molar-refractivity contribution is 6.39. The number of ether oxygens (including phenoxy) is 2. The fourth-order valence-electron chi connectivity index (χ4n) is 3.46. The molecule has 1 aliphatic heterocycles. The van der Waals surface area contributed by atoms with Crippen LogP contribution in [0.15, 0.2) is 70.7 Å². The monoisotopic (exact) mass is 474 g/mol. The molecule has 1 aliphatic rings. The highest BCUT2D eigenvalue weighted by atomic mass is 16.5. The van der Waals surface area contributed by atoms with Gasteiger partial charge < -0.3 is 13.9 Å². The summed E-state index contributed by atoms with van der Waals surface area (Å²) >= 11 is 0. The van der Waals surface area contributed by atoms with E-state index in [1.54, 1.807) is 67.6 Å². The van der Waals surface area contributed by atoms with Crippen LogP contribution in [-0.4, -0.2) is 37.0 Å². The summed E-state index contributed by atoms with van der Waals surface area (Å²) in [7, 11) is 0. The summed E-state index contributed by atoms with van der Waals surface area (Å²) in [5.41, 5.74) is 1.13. The second-order valence-electron chi connectivity index (χ2n) is 7.38. The second kappa shape index (κ2) is 10.1. The normalized spacial score (nSPS) is 14.7. The molecule has 3 aromatic rings. The molecule has 0 atom stereocenters. The second-order valence-corrected chi connectivity index (χ2v) is 7.38. The number of anilines is 1. The first kappa shape index (κ1) is 23.5. The minimum Gasteiger partial charge on any atom is -0.494 e. The average molecular weight is 474 g/mol. The van der Waals surface area contributed by atoms with Gasteiger partial charge in [-0.1, -0.05) is 12.1 Å².